The Balaban J connectivity index is 0.00000192. The molecule has 1 unspecified atom stereocenters. The van der Waals surface area contributed by atoms with Crippen LogP contribution in [0.25, 0.3) is 0 Å². The molecular weight excluding hydrogens is 314 g/mol. The van der Waals surface area contributed by atoms with Crippen LogP contribution < -0.4 is 10.6 Å². The molecule has 0 saturated carbocycles. The third kappa shape index (κ3) is 4.69. The van der Waals surface area contributed by atoms with Gasteiger partial charge in [0, 0.05) is 26.1 Å². The molecule has 2 fully saturated rings. The van der Waals surface area contributed by atoms with Gasteiger partial charge in [0.15, 0.2) is 0 Å². The first-order chi connectivity index (χ1) is 10.7. The topological polar surface area (TPSA) is 61.4 Å². The van der Waals surface area contributed by atoms with Crippen LogP contribution in [-0.2, 0) is 22.7 Å². The van der Waals surface area contributed by atoms with Crippen LogP contribution in [0.1, 0.15) is 36.8 Å². The van der Waals surface area contributed by atoms with Gasteiger partial charge in [0.05, 0.1) is 6.04 Å². The van der Waals surface area contributed by atoms with Gasteiger partial charge in [0.2, 0.25) is 11.8 Å². The molecule has 2 saturated heterocycles. The number of hydrogen-bond acceptors (Lipinski definition) is 3. The fraction of sp³-hybridized carbons (Fsp3) is 0.529. The van der Waals surface area contributed by atoms with Crippen LogP contribution in [0.2, 0.25) is 0 Å². The molecule has 1 aromatic carbocycles. The van der Waals surface area contributed by atoms with Crippen molar-refractivity contribution in [1.29, 1.82) is 0 Å². The molecule has 2 aliphatic rings. The van der Waals surface area contributed by atoms with Crippen molar-refractivity contribution in [2.45, 2.75) is 44.8 Å². The Hall–Kier alpha value is -1.59. The van der Waals surface area contributed by atoms with Gasteiger partial charge in [-0.05, 0) is 36.9 Å². The summed E-state index contributed by atoms with van der Waals surface area (Å²) in [5, 5.41) is 6.17. The van der Waals surface area contributed by atoms with E-state index in [1.54, 1.807) is 0 Å². The van der Waals surface area contributed by atoms with Crippen molar-refractivity contribution in [3.05, 3.63) is 35.4 Å². The summed E-state index contributed by atoms with van der Waals surface area (Å²) in [7, 11) is 0. The molecule has 0 bridgehead atoms. The van der Waals surface area contributed by atoms with Gasteiger partial charge in [0.25, 0.3) is 0 Å². The summed E-state index contributed by atoms with van der Waals surface area (Å²) in [5.74, 6) is 0.338. The molecule has 2 aliphatic heterocycles. The average molecular weight is 338 g/mol. The highest BCUT2D eigenvalue weighted by atomic mass is 35.5. The minimum atomic E-state index is -0.0274. The Morgan fingerprint density at radius 3 is 2.57 bits per heavy atom. The molecular formula is C17H24ClN3O2. The maximum absolute atomic E-state index is 11.9. The molecule has 2 amide bonds. The van der Waals surface area contributed by atoms with Crippen LogP contribution >= 0.6 is 12.4 Å². The summed E-state index contributed by atoms with van der Waals surface area (Å²) in [5.41, 5.74) is 2.23. The number of carbonyl (C=O) groups is 2. The Labute approximate surface area is 143 Å². The number of carbonyl (C=O) groups excluding carboxylic acids is 2. The van der Waals surface area contributed by atoms with Crippen molar-refractivity contribution in [1.82, 2.24) is 15.5 Å². The molecule has 6 heteroatoms. The van der Waals surface area contributed by atoms with Crippen molar-refractivity contribution in [3.63, 3.8) is 0 Å². The van der Waals surface area contributed by atoms with E-state index in [-0.39, 0.29) is 30.3 Å². The fourth-order valence-electron chi connectivity index (χ4n) is 3.07. The van der Waals surface area contributed by atoms with Gasteiger partial charge in [-0.2, -0.15) is 0 Å². The Morgan fingerprint density at radius 1 is 1.22 bits per heavy atom. The van der Waals surface area contributed by atoms with Crippen LogP contribution in [0.3, 0.4) is 0 Å². The monoisotopic (exact) mass is 337 g/mol. The van der Waals surface area contributed by atoms with Crippen molar-refractivity contribution in [2.75, 3.05) is 13.1 Å². The van der Waals surface area contributed by atoms with Gasteiger partial charge >= 0.3 is 0 Å². The lowest BCUT2D eigenvalue weighted by Crippen LogP contribution is -2.39. The molecule has 0 aromatic heterocycles. The van der Waals surface area contributed by atoms with Crippen molar-refractivity contribution < 1.29 is 9.59 Å². The molecule has 2 heterocycles. The zero-order valence-electron chi connectivity index (χ0n) is 13.2. The molecule has 0 spiro atoms. The van der Waals surface area contributed by atoms with Crippen LogP contribution in [0.4, 0.5) is 0 Å². The minimum absolute atomic E-state index is 0. The van der Waals surface area contributed by atoms with Gasteiger partial charge in [-0.1, -0.05) is 24.3 Å². The summed E-state index contributed by atoms with van der Waals surface area (Å²) in [6.45, 7) is 3.05. The third-order valence-corrected chi connectivity index (χ3v) is 4.41. The molecule has 1 atom stereocenters. The predicted octanol–water partition coefficient (Wildman–Crippen LogP) is 1.60. The second-order valence-electron chi connectivity index (χ2n) is 6.10. The van der Waals surface area contributed by atoms with E-state index >= 15 is 0 Å². The second kappa shape index (κ2) is 8.31. The predicted molar refractivity (Wildman–Crippen MR) is 91.2 cm³/mol. The number of amides is 2. The standard InChI is InChI=1S/C17H23N3O2.ClH/c21-16-4-2-10-20(16)12-14-7-5-13(6-8-14)11-19-17(22)15-3-1-9-18-15;/h5-8,15,18H,1-4,9-12H2,(H,19,22);1H. The van der Waals surface area contributed by atoms with Gasteiger partial charge < -0.3 is 15.5 Å². The zero-order valence-corrected chi connectivity index (χ0v) is 14.0. The molecule has 126 valence electrons. The molecule has 0 radical (unpaired) electrons. The highest BCUT2D eigenvalue weighted by Crippen LogP contribution is 2.15. The lowest BCUT2D eigenvalue weighted by molar-refractivity contribution is -0.128. The van der Waals surface area contributed by atoms with Gasteiger partial charge in [0.1, 0.15) is 0 Å². The normalized spacial score (nSPS) is 20.4. The summed E-state index contributed by atoms with van der Waals surface area (Å²) >= 11 is 0. The second-order valence-corrected chi connectivity index (χ2v) is 6.10. The van der Waals surface area contributed by atoms with E-state index in [1.807, 2.05) is 29.2 Å². The maximum atomic E-state index is 11.9. The number of likely N-dealkylation sites (tertiary alicyclic amines) is 1. The number of hydrogen-bond donors (Lipinski definition) is 2. The van der Waals surface area contributed by atoms with Gasteiger partial charge in [-0.25, -0.2) is 0 Å². The summed E-state index contributed by atoms with van der Waals surface area (Å²) in [6, 6.07) is 8.11. The van der Waals surface area contributed by atoms with Crippen molar-refractivity contribution in [2.24, 2.45) is 0 Å². The molecule has 2 N–H and O–H groups in total. The first-order valence-electron chi connectivity index (χ1n) is 8.09. The van der Waals surface area contributed by atoms with Crippen molar-refractivity contribution in [3.8, 4) is 0 Å². The highest BCUT2D eigenvalue weighted by Gasteiger charge is 2.21. The van der Waals surface area contributed by atoms with E-state index in [4.69, 9.17) is 0 Å². The van der Waals surface area contributed by atoms with Crippen molar-refractivity contribution >= 4 is 24.2 Å². The number of nitrogens with one attached hydrogen (secondary N) is 2. The quantitative estimate of drug-likeness (QED) is 0.858. The Morgan fingerprint density at radius 2 is 1.96 bits per heavy atom. The van der Waals surface area contributed by atoms with E-state index < -0.39 is 0 Å². The van der Waals surface area contributed by atoms with E-state index in [0.29, 0.717) is 19.5 Å². The number of rotatable bonds is 5. The maximum Gasteiger partial charge on any atom is 0.237 e. The van der Waals surface area contributed by atoms with Crippen LogP contribution in [0, 0.1) is 0 Å². The summed E-state index contributed by atoms with van der Waals surface area (Å²) in [6.07, 6.45) is 3.65. The van der Waals surface area contributed by atoms with E-state index in [0.717, 1.165) is 43.5 Å². The fourth-order valence-corrected chi connectivity index (χ4v) is 3.07. The van der Waals surface area contributed by atoms with Gasteiger partial charge in [-0.15, -0.1) is 12.4 Å². The minimum Gasteiger partial charge on any atom is -0.351 e. The molecule has 0 aliphatic carbocycles. The Bertz CT molecular complexity index is 541. The highest BCUT2D eigenvalue weighted by molar-refractivity contribution is 5.85. The van der Waals surface area contributed by atoms with Crippen LogP contribution in [0.5, 0.6) is 0 Å². The SMILES string of the molecule is Cl.O=C(NCc1ccc(CN2CCCC2=O)cc1)C1CCCN1. The Kier molecular flexibility index (Phi) is 6.42. The lowest BCUT2D eigenvalue weighted by atomic mass is 10.1. The molecule has 1 aromatic rings. The summed E-state index contributed by atoms with van der Waals surface area (Å²) < 4.78 is 0. The number of halogens is 1. The molecule has 3 rings (SSSR count). The zero-order chi connectivity index (χ0) is 15.4. The molecule has 5 nitrogen and oxygen atoms in total. The smallest absolute Gasteiger partial charge is 0.237 e. The van der Waals surface area contributed by atoms with E-state index in [9.17, 15) is 9.59 Å². The first-order valence-corrected chi connectivity index (χ1v) is 8.09. The van der Waals surface area contributed by atoms with Crippen LogP contribution in [-0.4, -0.2) is 35.8 Å². The first kappa shape index (κ1) is 17.8. The largest absolute Gasteiger partial charge is 0.351 e. The lowest BCUT2D eigenvalue weighted by Gasteiger charge is -2.16. The van der Waals surface area contributed by atoms with Crippen LogP contribution in [0.15, 0.2) is 24.3 Å². The number of nitrogens with zero attached hydrogens (tertiary/aromatic N) is 1. The van der Waals surface area contributed by atoms with E-state index in [1.165, 1.54) is 0 Å². The average Bonchev–Trinajstić information content (AvgIpc) is 3.19. The third-order valence-electron chi connectivity index (χ3n) is 4.41. The number of benzene rings is 1. The van der Waals surface area contributed by atoms with Gasteiger partial charge in [-0.3, -0.25) is 9.59 Å². The molecule has 23 heavy (non-hydrogen) atoms. The van der Waals surface area contributed by atoms with E-state index in [2.05, 4.69) is 10.6 Å². The summed E-state index contributed by atoms with van der Waals surface area (Å²) in [4.78, 5) is 25.5.